The van der Waals surface area contributed by atoms with Crippen LogP contribution in [0.15, 0.2) is 22.3 Å². The predicted molar refractivity (Wildman–Crippen MR) is 88.9 cm³/mol. The van der Waals surface area contributed by atoms with Crippen molar-refractivity contribution in [2.75, 3.05) is 6.54 Å². The molecule has 0 aromatic heterocycles. The molecule has 1 unspecified atom stereocenters. The van der Waals surface area contributed by atoms with E-state index >= 15 is 0 Å². The average Bonchev–Trinajstić information content (AvgIpc) is 2.51. The number of Topliss-reactive ketones (excluding diaryl/α,β-unsaturated/α-hetero) is 2. The first-order valence-electron chi connectivity index (χ1n) is 8.10. The summed E-state index contributed by atoms with van der Waals surface area (Å²) in [5.74, 6) is -0.742. The summed E-state index contributed by atoms with van der Waals surface area (Å²) in [4.78, 5) is 36.5. The van der Waals surface area contributed by atoms with Crippen molar-refractivity contribution in [2.24, 2.45) is 0 Å². The smallest absolute Gasteiger partial charge is 0.251 e. The summed E-state index contributed by atoms with van der Waals surface area (Å²) in [6.07, 6.45) is 2.11. The Balaban J connectivity index is 2.78. The molecule has 1 amide bonds. The quantitative estimate of drug-likeness (QED) is 0.556. The van der Waals surface area contributed by atoms with Gasteiger partial charge in [0.2, 0.25) is 0 Å². The zero-order valence-corrected chi connectivity index (χ0v) is 14.7. The van der Waals surface area contributed by atoms with Gasteiger partial charge in [-0.2, -0.15) is 0 Å². The molecular weight excluding hydrogens is 294 g/mol. The molecule has 5 heteroatoms. The van der Waals surface area contributed by atoms with Crippen molar-refractivity contribution in [3.8, 4) is 0 Å². The van der Waals surface area contributed by atoms with Gasteiger partial charge in [0.15, 0.2) is 11.6 Å². The van der Waals surface area contributed by atoms with Crippen LogP contribution in [0.4, 0.5) is 0 Å². The van der Waals surface area contributed by atoms with Crippen LogP contribution in [-0.4, -0.2) is 34.7 Å². The van der Waals surface area contributed by atoms with Crippen LogP contribution in [0.2, 0.25) is 0 Å². The normalized spacial score (nSPS) is 18.3. The van der Waals surface area contributed by atoms with Gasteiger partial charge in [0.1, 0.15) is 5.60 Å². The van der Waals surface area contributed by atoms with Crippen LogP contribution in [0.25, 0.3) is 0 Å². The van der Waals surface area contributed by atoms with E-state index in [9.17, 15) is 19.5 Å². The van der Waals surface area contributed by atoms with Gasteiger partial charge in [-0.05, 0) is 47.0 Å². The lowest BCUT2D eigenvalue weighted by Gasteiger charge is -2.24. The summed E-state index contributed by atoms with van der Waals surface area (Å²) in [5.41, 5.74) is 0.178. The Bertz CT molecular complexity index is 582. The molecule has 0 saturated carbocycles. The Morgan fingerprint density at radius 1 is 1.09 bits per heavy atom. The van der Waals surface area contributed by atoms with E-state index in [1.165, 1.54) is 6.92 Å². The lowest BCUT2D eigenvalue weighted by Crippen LogP contribution is -2.45. The van der Waals surface area contributed by atoms with Crippen molar-refractivity contribution in [1.82, 2.24) is 5.32 Å². The Hall–Kier alpha value is -1.75. The third kappa shape index (κ3) is 4.38. The molecule has 0 fully saturated rings. The number of allylic oxidation sites excluding steroid dienone is 4. The van der Waals surface area contributed by atoms with Crippen LogP contribution >= 0.6 is 0 Å². The Kier molecular flexibility index (Phi) is 6.45. The van der Waals surface area contributed by atoms with Crippen molar-refractivity contribution in [3.63, 3.8) is 0 Å². The van der Waals surface area contributed by atoms with E-state index in [2.05, 4.69) is 5.32 Å². The number of hydrogen-bond donors (Lipinski definition) is 2. The van der Waals surface area contributed by atoms with Crippen molar-refractivity contribution >= 4 is 17.5 Å². The maximum Gasteiger partial charge on any atom is 0.251 e. The number of carbonyl (C=O) groups is 3. The minimum Gasteiger partial charge on any atom is -0.380 e. The average molecular weight is 321 g/mol. The number of nitrogens with one attached hydrogen (secondary N) is 1. The van der Waals surface area contributed by atoms with Gasteiger partial charge < -0.3 is 10.4 Å². The summed E-state index contributed by atoms with van der Waals surface area (Å²) in [6.45, 7) is 8.88. The minimum atomic E-state index is -1.56. The van der Waals surface area contributed by atoms with Gasteiger partial charge in [0, 0.05) is 28.8 Å². The number of amides is 1. The number of carbonyl (C=O) groups excluding carboxylic acids is 3. The largest absolute Gasteiger partial charge is 0.380 e. The third-order valence-corrected chi connectivity index (χ3v) is 4.48. The molecule has 2 N–H and O–H groups in total. The summed E-state index contributed by atoms with van der Waals surface area (Å²) in [5, 5.41) is 13.0. The summed E-state index contributed by atoms with van der Waals surface area (Å²) in [7, 11) is 0. The fraction of sp³-hybridized carbons (Fsp3) is 0.611. The first-order chi connectivity index (χ1) is 10.6. The van der Waals surface area contributed by atoms with Gasteiger partial charge in [0.25, 0.3) is 5.91 Å². The van der Waals surface area contributed by atoms with Crippen molar-refractivity contribution in [1.29, 1.82) is 0 Å². The van der Waals surface area contributed by atoms with Crippen molar-refractivity contribution < 1.29 is 19.5 Å². The maximum absolute atomic E-state index is 12.3. The third-order valence-electron chi connectivity index (χ3n) is 4.48. The lowest BCUT2D eigenvalue weighted by molar-refractivity contribution is -0.138. The van der Waals surface area contributed by atoms with Crippen LogP contribution in [0.5, 0.6) is 0 Å². The Morgan fingerprint density at radius 3 is 2.22 bits per heavy atom. The second-order valence-electron chi connectivity index (χ2n) is 6.40. The number of hydrogen-bond acceptors (Lipinski definition) is 4. The molecule has 0 radical (unpaired) electrons. The maximum atomic E-state index is 12.3. The number of unbranched alkanes of at least 4 members (excludes halogenated alkanes) is 1. The minimum absolute atomic E-state index is 0.100. The highest BCUT2D eigenvalue weighted by atomic mass is 16.3. The van der Waals surface area contributed by atoms with Gasteiger partial charge in [-0.1, -0.05) is 13.3 Å². The zero-order valence-electron chi connectivity index (χ0n) is 14.7. The van der Waals surface area contributed by atoms with Gasteiger partial charge in [-0.3, -0.25) is 14.4 Å². The number of rotatable bonds is 7. The summed E-state index contributed by atoms with van der Waals surface area (Å²) >= 11 is 0. The standard InChI is InChI=1S/C18H27NO4/c1-6-7-10-19-17(22)18(5,23)9-8-14-13(4)15(20)11(2)12(3)16(14)21/h23H,6-10H2,1-5H3,(H,19,22). The predicted octanol–water partition coefficient (Wildman–Crippen LogP) is 2.24. The van der Waals surface area contributed by atoms with E-state index in [0.29, 0.717) is 28.8 Å². The van der Waals surface area contributed by atoms with E-state index in [0.717, 1.165) is 12.8 Å². The summed E-state index contributed by atoms with van der Waals surface area (Å²) < 4.78 is 0. The first kappa shape index (κ1) is 19.3. The number of ketones is 2. The van der Waals surface area contributed by atoms with Crippen LogP contribution in [0, 0.1) is 0 Å². The van der Waals surface area contributed by atoms with E-state index in [4.69, 9.17) is 0 Å². The molecule has 1 aliphatic carbocycles. The molecule has 0 aromatic carbocycles. The molecule has 0 aliphatic heterocycles. The first-order valence-corrected chi connectivity index (χ1v) is 8.10. The van der Waals surface area contributed by atoms with Gasteiger partial charge in [-0.15, -0.1) is 0 Å². The number of aliphatic hydroxyl groups is 1. The van der Waals surface area contributed by atoms with Crippen molar-refractivity contribution in [3.05, 3.63) is 22.3 Å². The van der Waals surface area contributed by atoms with E-state index < -0.39 is 11.5 Å². The Morgan fingerprint density at radius 2 is 1.65 bits per heavy atom. The van der Waals surface area contributed by atoms with Gasteiger partial charge in [0.05, 0.1) is 0 Å². The molecule has 1 aliphatic rings. The van der Waals surface area contributed by atoms with E-state index in [1.807, 2.05) is 6.92 Å². The van der Waals surface area contributed by atoms with E-state index in [-0.39, 0.29) is 24.4 Å². The fourth-order valence-corrected chi connectivity index (χ4v) is 2.51. The molecule has 23 heavy (non-hydrogen) atoms. The van der Waals surface area contributed by atoms with Gasteiger partial charge >= 0.3 is 0 Å². The van der Waals surface area contributed by atoms with Gasteiger partial charge in [-0.25, -0.2) is 0 Å². The molecule has 128 valence electrons. The highest BCUT2D eigenvalue weighted by Crippen LogP contribution is 2.28. The Labute approximate surface area is 137 Å². The van der Waals surface area contributed by atoms with Crippen molar-refractivity contribution in [2.45, 2.75) is 65.9 Å². The second-order valence-corrected chi connectivity index (χ2v) is 6.40. The molecule has 0 heterocycles. The molecular formula is C18H27NO4. The fourth-order valence-electron chi connectivity index (χ4n) is 2.51. The topological polar surface area (TPSA) is 83.5 Å². The van der Waals surface area contributed by atoms with Crippen LogP contribution in [-0.2, 0) is 14.4 Å². The second kappa shape index (κ2) is 7.68. The zero-order chi connectivity index (χ0) is 17.8. The summed E-state index contributed by atoms with van der Waals surface area (Å²) in [6, 6.07) is 0. The molecule has 0 spiro atoms. The highest BCUT2D eigenvalue weighted by molar-refractivity contribution is 6.24. The van der Waals surface area contributed by atoms with Crippen LogP contribution < -0.4 is 5.32 Å². The molecule has 0 saturated heterocycles. The lowest BCUT2D eigenvalue weighted by atomic mass is 9.82. The SMILES string of the molecule is CCCCNC(=O)C(C)(O)CCC1=C(C)C(=O)C(C)=C(C)C1=O. The molecule has 5 nitrogen and oxygen atoms in total. The molecule has 0 aromatic rings. The molecule has 1 atom stereocenters. The highest BCUT2D eigenvalue weighted by Gasteiger charge is 2.33. The monoisotopic (exact) mass is 321 g/mol. The molecule has 1 rings (SSSR count). The van der Waals surface area contributed by atoms with Crippen LogP contribution in [0.1, 0.15) is 60.3 Å². The molecule has 0 bridgehead atoms. The van der Waals surface area contributed by atoms with E-state index in [1.54, 1.807) is 20.8 Å². The van der Waals surface area contributed by atoms with Crippen LogP contribution in [0.3, 0.4) is 0 Å².